The van der Waals surface area contributed by atoms with E-state index in [-0.39, 0.29) is 47.0 Å². The average molecular weight is 277 g/mol. The molecule has 0 atom stereocenters. The Morgan fingerprint density at radius 1 is 1.45 bits per heavy atom. The van der Waals surface area contributed by atoms with Gasteiger partial charge in [0.15, 0.2) is 0 Å². The molecule has 11 heavy (non-hydrogen) atoms. The Kier molecular flexibility index (Phi) is 4.86. The third kappa shape index (κ3) is 2.88. The van der Waals surface area contributed by atoms with E-state index >= 15 is 0 Å². The van der Waals surface area contributed by atoms with Crippen LogP contribution in [0, 0.1) is 48.2 Å². The zero-order valence-electron chi connectivity index (χ0n) is 6.24. The van der Waals surface area contributed by atoms with Crippen molar-refractivity contribution in [2.75, 3.05) is 0 Å². The molecular formula is C8H8O2Pr. The molecule has 1 aromatic carbocycles. The fourth-order valence-corrected chi connectivity index (χ4v) is 0.752. The summed E-state index contributed by atoms with van der Waals surface area (Å²) in [7, 11) is 0. The van der Waals surface area contributed by atoms with Gasteiger partial charge in [-0.25, -0.2) is 0 Å². The monoisotopic (exact) mass is 277 g/mol. The Morgan fingerprint density at radius 2 is 2.09 bits per heavy atom. The van der Waals surface area contributed by atoms with Gasteiger partial charge in [-0.05, 0) is 30.7 Å². The van der Waals surface area contributed by atoms with E-state index in [9.17, 15) is 4.79 Å². The van der Waals surface area contributed by atoms with Gasteiger partial charge in [0.05, 0.1) is 0 Å². The molecular weight excluding hydrogens is 269 g/mol. The maximum Gasteiger partial charge on any atom is 0.150 e. The van der Waals surface area contributed by atoms with Crippen LogP contribution in [0.3, 0.4) is 0 Å². The molecule has 0 aliphatic carbocycles. The molecule has 2 nitrogen and oxygen atoms in total. The molecule has 55 valence electrons. The van der Waals surface area contributed by atoms with Crippen LogP contribution in [0.2, 0.25) is 0 Å². The molecule has 0 aliphatic rings. The van der Waals surface area contributed by atoms with Crippen molar-refractivity contribution in [2.45, 2.75) is 6.92 Å². The Morgan fingerprint density at radius 3 is 2.55 bits per heavy atom. The summed E-state index contributed by atoms with van der Waals surface area (Å²) in [5, 5.41) is 9.02. The van der Waals surface area contributed by atoms with Crippen LogP contribution in [-0.4, -0.2) is 11.4 Å². The number of carbonyl (C=O) groups excluding carboxylic acids is 1. The van der Waals surface area contributed by atoms with E-state index < -0.39 is 0 Å². The van der Waals surface area contributed by atoms with Gasteiger partial charge in [-0.2, -0.15) is 0 Å². The minimum Gasteiger partial charge on any atom is -0.508 e. The third-order valence-corrected chi connectivity index (χ3v) is 1.36. The van der Waals surface area contributed by atoms with Gasteiger partial charge in [-0.15, -0.1) is 0 Å². The van der Waals surface area contributed by atoms with Crippen molar-refractivity contribution in [2.24, 2.45) is 0 Å². The Labute approximate surface area is 98.6 Å². The molecule has 0 spiro atoms. The number of benzene rings is 1. The topological polar surface area (TPSA) is 37.3 Å². The van der Waals surface area contributed by atoms with Crippen LogP contribution in [0.1, 0.15) is 15.9 Å². The number of phenolic OH excluding ortho intramolecular Hbond substituents is 1. The van der Waals surface area contributed by atoms with Gasteiger partial charge in [-0.3, -0.25) is 4.79 Å². The molecule has 0 aliphatic heterocycles. The minimum absolute atomic E-state index is 0. The second-order valence-corrected chi connectivity index (χ2v) is 2.16. The summed E-state index contributed by atoms with van der Waals surface area (Å²) in [4.78, 5) is 10.2. The van der Waals surface area contributed by atoms with Crippen LogP contribution in [0.25, 0.3) is 0 Å². The van der Waals surface area contributed by atoms with Crippen LogP contribution in [0.5, 0.6) is 5.75 Å². The molecule has 0 unspecified atom stereocenters. The summed E-state index contributed by atoms with van der Waals surface area (Å²) in [5.74, 6) is 0.227. The molecule has 0 fully saturated rings. The first kappa shape index (κ1) is 11.1. The van der Waals surface area contributed by atoms with Gasteiger partial charge in [0.2, 0.25) is 0 Å². The van der Waals surface area contributed by atoms with E-state index in [1.165, 1.54) is 6.07 Å². The maximum atomic E-state index is 10.2. The third-order valence-electron chi connectivity index (χ3n) is 1.36. The predicted molar refractivity (Wildman–Crippen MR) is 38.2 cm³/mol. The Hall–Kier alpha value is 0.0536. The van der Waals surface area contributed by atoms with Crippen LogP contribution in [0.4, 0.5) is 0 Å². The van der Waals surface area contributed by atoms with Crippen molar-refractivity contribution >= 4 is 6.29 Å². The summed E-state index contributed by atoms with van der Waals surface area (Å²) in [5.41, 5.74) is 1.32. The first-order chi connectivity index (χ1) is 4.74. The van der Waals surface area contributed by atoms with E-state index in [1.54, 1.807) is 19.1 Å². The van der Waals surface area contributed by atoms with Crippen molar-refractivity contribution in [1.29, 1.82) is 0 Å². The van der Waals surface area contributed by atoms with Crippen molar-refractivity contribution < 1.29 is 51.2 Å². The molecule has 1 rings (SSSR count). The average Bonchev–Trinajstić information content (AvgIpc) is 1.95. The van der Waals surface area contributed by atoms with Crippen molar-refractivity contribution in [3.8, 4) is 5.75 Å². The zero-order valence-corrected chi connectivity index (χ0v) is 9.95. The van der Waals surface area contributed by atoms with Gasteiger partial charge in [0.25, 0.3) is 0 Å². The molecule has 0 saturated heterocycles. The molecule has 1 N–H and O–H groups in total. The largest absolute Gasteiger partial charge is 0.508 e. The van der Waals surface area contributed by atoms with Gasteiger partial charge >= 0.3 is 0 Å². The first-order valence-corrected chi connectivity index (χ1v) is 2.99. The number of hydrogen-bond acceptors (Lipinski definition) is 2. The molecule has 1 aromatic rings. The fourth-order valence-electron chi connectivity index (χ4n) is 0.752. The van der Waals surface area contributed by atoms with Crippen molar-refractivity contribution in [1.82, 2.24) is 0 Å². The van der Waals surface area contributed by atoms with E-state index in [0.717, 1.165) is 11.8 Å². The van der Waals surface area contributed by atoms with Crippen molar-refractivity contribution in [3.05, 3.63) is 29.3 Å². The second kappa shape index (κ2) is 4.84. The summed E-state index contributed by atoms with van der Waals surface area (Å²) in [6.07, 6.45) is 0.756. The SMILES string of the molecule is Cc1cc(C=O)ccc1O.[Pr]. The number of aldehydes is 1. The minimum atomic E-state index is 0. The van der Waals surface area contributed by atoms with Crippen LogP contribution >= 0.6 is 0 Å². The normalized spacial score (nSPS) is 8.45. The molecule has 0 aromatic heterocycles. The van der Waals surface area contributed by atoms with E-state index in [4.69, 9.17) is 5.11 Å². The number of phenols is 1. The van der Waals surface area contributed by atoms with Gasteiger partial charge < -0.3 is 5.11 Å². The quantitative estimate of drug-likeness (QED) is 0.790. The maximum absolute atomic E-state index is 10.2. The van der Waals surface area contributed by atoms with Gasteiger partial charge in [0.1, 0.15) is 12.0 Å². The number of aryl methyl sites for hydroxylation is 1. The summed E-state index contributed by atoms with van der Waals surface area (Å²) < 4.78 is 0. The molecule has 0 saturated carbocycles. The van der Waals surface area contributed by atoms with E-state index in [2.05, 4.69) is 0 Å². The van der Waals surface area contributed by atoms with Crippen LogP contribution in [-0.2, 0) is 0 Å². The predicted octanol–water partition coefficient (Wildman–Crippen LogP) is 1.51. The number of carbonyl (C=O) groups is 1. The van der Waals surface area contributed by atoms with Crippen molar-refractivity contribution in [3.63, 3.8) is 0 Å². The Balaban J connectivity index is 0.000001000. The Bertz CT molecular complexity index is 258. The van der Waals surface area contributed by atoms with E-state index in [1.807, 2.05) is 0 Å². The second-order valence-electron chi connectivity index (χ2n) is 2.16. The summed E-state index contributed by atoms with van der Waals surface area (Å²) >= 11 is 0. The van der Waals surface area contributed by atoms with Gasteiger partial charge in [-0.1, -0.05) is 0 Å². The molecule has 0 bridgehead atoms. The number of aromatic hydroxyl groups is 1. The zero-order chi connectivity index (χ0) is 7.56. The molecule has 0 amide bonds. The summed E-state index contributed by atoms with van der Waals surface area (Å²) in [6.45, 7) is 1.75. The standard InChI is InChI=1S/C8H8O2.Pr/c1-6-4-7(5-9)2-3-8(6)10;/h2-5,10H,1H3;. The smallest absolute Gasteiger partial charge is 0.150 e. The number of hydrogen-bond donors (Lipinski definition) is 1. The van der Waals surface area contributed by atoms with Crippen LogP contribution in [0.15, 0.2) is 18.2 Å². The fraction of sp³-hybridized carbons (Fsp3) is 0.125. The molecule has 1 radical (unpaired) electrons. The molecule has 0 heterocycles. The number of rotatable bonds is 1. The van der Waals surface area contributed by atoms with Gasteiger partial charge in [0, 0.05) is 46.9 Å². The van der Waals surface area contributed by atoms with Crippen LogP contribution < -0.4 is 0 Å². The summed E-state index contributed by atoms with van der Waals surface area (Å²) in [6, 6.07) is 4.73. The van der Waals surface area contributed by atoms with E-state index in [0.29, 0.717) is 5.56 Å². The first-order valence-electron chi connectivity index (χ1n) is 2.99. The molecule has 3 heteroatoms.